The maximum absolute atomic E-state index is 12.2. The van der Waals surface area contributed by atoms with Gasteiger partial charge in [0.15, 0.2) is 17.5 Å². The maximum Gasteiger partial charge on any atom is 0.245 e. The molecule has 0 saturated carbocycles. The molecule has 2 aromatic heterocycles. The molecule has 1 fully saturated rings. The molecule has 5 rings (SSSR count). The molecule has 2 N–H and O–H groups in total. The minimum atomic E-state index is -0.0520. The van der Waals surface area contributed by atoms with Crippen LogP contribution in [0.3, 0.4) is 0 Å². The molecule has 0 spiro atoms. The molecular weight excluding hydrogens is 382 g/mol. The Morgan fingerprint density at radius 1 is 1.17 bits per heavy atom. The largest absolute Gasteiger partial charge is 0.381 e. The molecule has 1 aromatic carbocycles. The SMILES string of the molecule is O=C1CN(CCC2CCOCC2)c2nc(-c3cccc(-c4ncn[nH]4)c3)cnc2N1. The van der Waals surface area contributed by atoms with Crippen LogP contribution in [-0.4, -0.2) is 57.4 Å². The fraction of sp³-hybridized carbons (Fsp3) is 0.381. The highest BCUT2D eigenvalue weighted by Crippen LogP contribution is 2.30. The summed E-state index contributed by atoms with van der Waals surface area (Å²) in [6.45, 7) is 2.73. The number of fused-ring (bicyclic) bond motifs is 1. The van der Waals surface area contributed by atoms with E-state index in [1.165, 1.54) is 6.33 Å². The summed E-state index contributed by atoms with van der Waals surface area (Å²) in [4.78, 5) is 27.8. The highest BCUT2D eigenvalue weighted by atomic mass is 16.5. The number of nitrogens with zero attached hydrogens (tertiary/aromatic N) is 5. The van der Waals surface area contributed by atoms with Crippen LogP contribution in [0.15, 0.2) is 36.8 Å². The molecule has 0 bridgehead atoms. The minimum absolute atomic E-state index is 0.0520. The molecule has 1 amide bonds. The van der Waals surface area contributed by atoms with Crippen molar-refractivity contribution < 1.29 is 9.53 Å². The molecule has 0 unspecified atom stereocenters. The van der Waals surface area contributed by atoms with Crippen LogP contribution in [0.2, 0.25) is 0 Å². The van der Waals surface area contributed by atoms with Gasteiger partial charge in [-0.2, -0.15) is 5.10 Å². The third kappa shape index (κ3) is 3.88. The van der Waals surface area contributed by atoms with Gasteiger partial charge in [0, 0.05) is 30.9 Å². The van der Waals surface area contributed by atoms with E-state index in [4.69, 9.17) is 9.72 Å². The first-order chi connectivity index (χ1) is 14.8. The fourth-order valence-electron chi connectivity index (χ4n) is 3.98. The standard InChI is InChI=1S/C21H23N7O2/c29-18-12-28(7-4-14-5-8-30-9-6-14)21-20(26-18)22-11-17(25-21)15-2-1-3-16(10-15)19-23-13-24-27-19/h1-3,10-11,13-14H,4-9,12H2,(H,22,26,29)(H,23,24,27). The van der Waals surface area contributed by atoms with Crippen LogP contribution in [0.1, 0.15) is 19.3 Å². The topological polar surface area (TPSA) is 109 Å². The molecule has 3 aromatic rings. The number of carbonyl (C=O) groups is 1. The zero-order valence-corrected chi connectivity index (χ0v) is 16.5. The van der Waals surface area contributed by atoms with Gasteiger partial charge in [-0.25, -0.2) is 15.0 Å². The van der Waals surface area contributed by atoms with E-state index in [9.17, 15) is 4.79 Å². The number of aromatic nitrogens is 5. The molecule has 0 radical (unpaired) electrons. The van der Waals surface area contributed by atoms with Crippen molar-refractivity contribution in [1.29, 1.82) is 0 Å². The number of benzene rings is 1. The van der Waals surface area contributed by atoms with Gasteiger partial charge >= 0.3 is 0 Å². The molecule has 2 aliphatic rings. The van der Waals surface area contributed by atoms with Crippen molar-refractivity contribution in [2.24, 2.45) is 5.92 Å². The van der Waals surface area contributed by atoms with Crippen molar-refractivity contribution in [2.75, 3.05) is 36.5 Å². The normalized spacial score (nSPS) is 16.9. The Morgan fingerprint density at radius 2 is 2.03 bits per heavy atom. The minimum Gasteiger partial charge on any atom is -0.381 e. The van der Waals surface area contributed by atoms with E-state index in [1.807, 2.05) is 29.2 Å². The Balaban J connectivity index is 1.41. The molecule has 1 saturated heterocycles. The number of hydrogen-bond donors (Lipinski definition) is 2. The summed E-state index contributed by atoms with van der Waals surface area (Å²) in [5.74, 6) is 2.52. The molecule has 9 nitrogen and oxygen atoms in total. The number of ether oxygens (including phenoxy) is 1. The van der Waals surface area contributed by atoms with E-state index < -0.39 is 0 Å². The Hall–Kier alpha value is -3.33. The van der Waals surface area contributed by atoms with E-state index in [0.29, 0.717) is 24.1 Å². The van der Waals surface area contributed by atoms with Crippen molar-refractivity contribution in [3.8, 4) is 22.6 Å². The van der Waals surface area contributed by atoms with Gasteiger partial charge in [0.2, 0.25) is 5.91 Å². The van der Waals surface area contributed by atoms with Crippen LogP contribution in [0, 0.1) is 5.92 Å². The lowest BCUT2D eigenvalue weighted by Crippen LogP contribution is -2.40. The third-order valence-electron chi connectivity index (χ3n) is 5.64. The summed E-state index contributed by atoms with van der Waals surface area (Å²) in [5, 5.41) is 9.64. The van der Waals surface area contributed by atoms with Gasteiger partial charge in [0.05, 0.1) is 18.4 Å². The van der Waals surface area contributed by atoms with Crippen LogP contribution in [0.5, 0.6) is 0 Å². The smallest absolute Gasteiger partial charge is 0.245 e. The van der Waals surface area contributed by atoms with Crippen molar-refractivity contribution in [1.82, 2.24) is 25.1 Å². The summed E-state index contributed by atoms with van der Waals surface area (Å²) >= 11 is 0. The van der Waals surface area contributed by atoms with E-state index in [0.717, 1.165) is 61.7 Å². The number of aromatic amines is 1. The van der Waals surface area contributed by atoms with Gasteiger partial charge < -0.3 is 15.0 Å². The average Bonchev–Trinajstić information content (AvgIpc) is 3.33. The van der Waals surface area contributed by atoms with Crippen LogP contribution < -0.4 is 10.2 Å². The van der Waals surface area contributed by atoms with E-state index in [1.54, 1.807) is 6.20 Å². The third-order valence-corrected chi connectivity index (χ3v) is 5.64. The fourth-order valence-corrected chi connectivity index (χ4v) is 3.98. The summed E-state index contributed by atoms with van der Waals surface area (Å²) in [5.41, 5.74) is 2.61. The Bertz CT molecular complexity index is 1030. The second kappa shape index (κ2) is 8.19. The van der Waals surface area contributed by atoms with Gasteiger partial charge in [-0.15, -0.1) is 0 Å². The summed E-state index contributed by atoms with van der Waals surface area (Å²) in [6.07, 6.45) is 6.35. The molecule has 30 heavy (non-hydrogen) atoms. The molecular formula is C21H23N7O2. The first-order valence-corrected chi connectivity index (χ1v) is 10.2. The summed E-state index contributed by atoms with van der Waals surface area (Å²) in [6, 6.07) is 7.92. The highest BCUT2D eigenvalue weighted by molar-refractivity contribution is 5.99. The number of hydrogen-bond acceptors (Lipinski definition) is 7. The highest BCUT2D eigenvalue weighted by Gasteiger charge is 2.26. The lowest BCUT2D eigenvalue weighted by Gasteiger charge is -2.31. The lowest BCUT2D eigenvalue weighted by molar-refractivity contribution is -0.115. The number of amides is 1. The van der Waals surface area contributed by atoms with Gasteiger partial charge in [0.25, 0.3) is 0 Å². The number of H-pyrrole nitrogens is 1. The van der Waals surface area contributed by atoms with E-state index in [2.05, 4.69) is 25.5 Å². The molecule has 9 heteroatoms. The Morgan fingerprint density at radius 3 is 2.87 bits per heavy atom. The van der Waals surface area contributed by atoms with Gasteiger partial charge in [-0.1, -0.05) is 18.2 Å². The zero-order chi connectivity index (χ0) is 20.3. The zero-order valence-electron chi connectivity index (χ0n) is 16.5. The molecule has 4 heterocycles. The van der Waals surface area contributed by atoms with Gasteiger partial charge in [-0.05, 0) is 31.2 Å². The maximum atomic E-state index is 12.2. The van der Waals surface area contributed by atoms with Crippen LogP contribution in [-0.2, 0) is 9.53 Å². The van der Waals surface area contributed by atoms with E-state index >= 15 is 0 Å². The monoisotopic (exact) mass is 405 g/mol. The van der Waals surface area contributed by atoms with Gasteiger partial charge in [0.1, 0.15) is 6.33 Å². The van der Waals surface area contributed by atoms with E-state index in [-0.39, 0.29) is 5.91 Å². The van der Waals surface area contributed by atoms with Crippen molar-refractivity contribution in [3.63, 3.8) is 0 Å². The first kappa shape index (κ1) is 18.7. The average molecular weight is 405 g/mol. The van der Waals surface area contributed by atoms with Crippen molar-refractivity contribution in [2.45, 2.75) is 19.3 Å². The van der Waals surface area contributed by atoms with Crippen molar-refractivity contribution in [3.05, 3.63) is 36.8 Å². The number of anilines is 2. The second-order valence-electron chi connectivity index (χ2n) is 7.66. The Kier molecular flexibility index (Phi) is 5.10. The predicted molar refractivity (Wildman–Crippen MR) is 112 cm³/mol. The number of rotatable bonds is 5. The Labute approximate surface area is 173 Å². The quantitative estimate of drug-likeness (QED) is 0.671. The number of nitrogens with one attached hydrogen (secondary N) is 2. The first-order valence-electron chi connectivity index (χ1n) is 10.2. The molecule has 0 atom stereocenters. The lowest BCUT2D eigenvalue weighted by atomic mass is 9.96. The van der Waals surface area contributed by atoms with Crippen LogP contribution in [0.25, 0.3) is 22.6 Å². The summed E-state index contributed by atoms with van der Waals surface area (Å²) < 4.78 is 5.46. The molecule has 154 valence electrons. The number of carbonyl (C=O) groups excluding carboxylic acids is 1. The van der Waals surface area contributed by atoms with Gasteiger partial charge in [-0.3, -0.25) is 9.89 Å². The second-order valence-corrected chi connectivity index (χ2v) is 7.66. The summed E-state index contributed by atoms with van der Waals surface area (Å²) in [7, 11) is 0. The predicted octanol–water partition coefficient (Wildman–Crippen LogP) is 2.50. The van der Waals surface area contributed by atoms with Crippen LogP contribution in [0.4, 0.5) is 11.6 Å². The van der Waals surface area contributed by atoms with Crippen molar-refractivity contribution >= 4 is 17.5 Å². The molecule has 2 aliphatic heterocycles. The molecule has 0 aliphatic carbocycles. The van der Waals surface area contributed by atoms with Crippen LogP contribution >= 0.6 is 0 Å².